The first-order valence-corrected chi connectivity index (χ1v) is 5.86. The molecule has 0 atom stereocenters. The van der Waals surface area contributed by atoms with E-state index in [1.807, 2.05) is 12.3 Å². The predicted molar refractivity (Wildman–Crippen MR) is 56.7 cm³/mol. The molecule has 1 aliphatic rings. The van der Waals surface area contributed by atoms with Crippen LogP contribution in [0.25, 0.3) is 0 Å². The fraction of sp³-hybridized carbons (Fsp3) is 0.700. The number of halogens is 1. The van der Waals surface area contributed by atoms with Gasteiger partial charge in [0.25, 0.3) is 0 Å². The van der Waals surface area contributed by atoms with Crippen molar-refractivity contribution < 1.29 is 0 Å². The van der Waals surface area contributed by atoms with Gasteiger partial charge in [-0.3, -0.25) is 4.68 Å². The Morgan fingerprint density at radius 2 is 1.92 bits per heavy atom. The minimum Gasteiger partial charge on any atom is -0.255 e. The quantitative estimate of drug-likeness (QED) is 0.690. The zero-order valence-electron chi connectivity index (χ0n) is 7.75. The normalized spacial score (nSPS) is 20.1. The lowest BCUT2D eigenvalue weighted by molar-refractivity contribution is 0.399. The van der Waals surface area contributed by atoms with E-state index in [2.05, 4.69) is 25.7 Å². The lowest BCUT2D eigenvalue weighted by Crippen LogP contribution is -2.09. The summed E-state index contributed by atoms with van der Waals surface area (Å²) in [5, 5.41) is 4.35. The van der Waals surface area contributed by atoms with Crippen molar-refractivity contribution in [2.45, 2.75) is 44.6 Å². The van der Waals surface area contributed by atoms with Crippen LogP contribution in [0.1, 0.15) is 44.6 Å². The van der Waals surface area contributed by atoms with E-state index in [1.54, 1.807) is 0 Å². The number of nitrogens with zero attached hydrogens (tertiary/aromatic N) is 2. The predicted octanol–water partition coefficient (Wildman–Crippen LogP) is 3.54. The highest BCUT2D eigenvalue weighted by Crippen LogP contribution is 2.28. The summed E-state index contributed by atoms with van der Waals surface area (Å²) in [4.78, 5) is 0. The van der Waals surface area contributed by atoms with E-state index in [0.717, 1.165) is 4.60 Å². The molecule has 0 aromatic carbocycles. The molecule has 1 aromatic rings. The molecule has 3 heteroatoms. The van der Waals surface area contributed by atoms with Crippen LogP contribution < -0.4 is 0 Å². The number of hydrogen-bond donors (Lipinski definition) is 0. The zero-order chi connectivity index (χ0) is 9.10. The SMILES string of the molecule is Brc1ccnn1C1CCCCCC1. The summed E-state index contributed by atoms with van der Waals surface area (Å²) >= 11 is 3.53. The Labute approximate surface area is 87.5 Å². The molecule has 1 aromatic heterocycles. The van der Waals surface area contributed by atoms with Crippen LogP contribution in [-0.4, -0.2) is 9.78 Å². The molecular formula is C10H15BrN2. The van der Waals surface area contributed by atoms with Gasteiger partial charge in [0, 0.05) is 0 Å². The summed E-state index contributed by atoms with van der Waals surface area (Å²) in [6.45, 7) is 0. The summed E-state index contributed by atoms with van der Waals surface area (Å²) in [6.07, 6.45) is 9.97. The Hall–Kier alpha value is -0.310. The van der Waals surface area contributed by atoms with Crippen LogP contribution in [0.3, 0.4) is 0 Å². The third kappa shape index (κ3) is 2.13. The molecule has 1 aliphatic carbocycles. The number of rotatable bonds is 1. The van der Waals surface area contributed by atoms with Crippen molar-refractivity contribution in [1.82, 2.24) is 9.78 Å². The molecule has 0 spiro atoms. The molecule has 0 bridgehead atoms. The first-order chi connectivity index (χ1) is 6.38. The summed E-state index contributed by atoms with van der Waals surface area (Å²) in [5.41, 5.74) is 0. The summed E-state index contributed by atoms with van der Waals surface area (Å²) in [6, 6.07) is 2.65. The molecule has 72 valence electrons. The van der Waals surface area contributed by atoms with E-state index in [1.165, 1.54) is 38.5 Å². The highest BCUT2D eigenvalue weighted by atomic mass is 79.9. The molecule has 2 nitrogen and oxygen atoms in total. The maximum absolute atomic E-state index is 4.35. The van der Waals surface area contributed by atoms with Gasteiger partial charge < -0.3 is 0 Å². The van der Waals surface area contributed by atoms with Crippen LogP contribution in [0.2, 0.25) is 0 Å². The first kappa shape index (κ1) is 9.25. The Morgan fingerprint density at radius 3 is 2.46 bits per heavy atom. The molecule has 13 heavy (non-hydrogen) atoms. The van der Waals surface area contributed by atoms with Gasteiger partial charge in [0.2, 0.25) is 0 Å². The van der Waals surface area contributed by atoms with Gasteiger partial charge in [-0.15, -0.1) is 0 Å². The number of hydrogen-bond acceptors (Lipinski definition) is 1. The highest BCUT2D eigenvalue weighted by Gasteiger charge is 2.15. The van der Waals surface area contributed by atoms with E-state index in [0.29, 0.717) is 6.04 Å². The van der Waals surface area contributed by atoms with Gasteiger partial charge in [-0.1, -0.05) is 25.7 Å². The van der Waals surface area contributed by atoms with Crippen LogP contribution in [-0.2, 0) is 0 Å². The highest BCUT2D eigenvalue weighted by molar-refractivity contribution is 9.10. The molecule has 1 fully saturated rings. The fourth-order valence-corrected chi connectivity index (χ4v) is 2.57. The lowest BCUT2D eigenvalue weighted by Gasteiger charge is -2.15. The molecule has 0 aliphatic heterocycles. The maximum Gasteiger partial charge on any atom is 0.104 e. The Balaban J connectivity index is 2.10. The second-order valence-corrected chi connectivity index (χ2v) is 4.56. The van der Waals surface area contributed by atoms with E-state index >= 15 is 0 Å². The van der Waals surface area contributed by atoms with Crippen molar-refractivity contribution in [3.63, 3.8) is 0 Å². The van der Waals surface area contributed by atoms with Gasteiger partial charge in [0.1, 0.15) is 4.60 Å². The third-order valence-corrected chi connectivity index (χ3v) is 3.42. The lowest BCUT2D eigenvalue weighted by atomic mass is 10.1. The Morgan fingerprint density at radius 1 is 1.23 bits per heavy atom. The molecule has 0 saturated heterocycles. The minimum absolute atomic E-state index is 0.631. The average Bonchev–Trinajstić information content (AvgIpc) is 2.43. The summed E-state index contributed by atoms with van der Waals surface area (Å²) < 4.78 is 3.25. The first-order valence-electron chi connectivity index (χ1n) is 5.07. The fourth-order valence-electron chi connectivity index (χ4n) is 2.07. The van der Waals surface area contributed by atoms with Crippen molar-refractivity contribution in [2.75, 3.05) is 0 Å². The van der Waals surface area contributed by atoms with Gasteiger partial charge >= 0.3 is 0 Å². The van der Waals surface area contributed by atoms with Crippen molar-refractivity contribution in [1.29, 1.82) is 0 Å². The molecule has 0 N–H and O–H groups in total. The van der Waals surface area contributed by atoms with E-state index < -0.39 is 0 Å². The monoisotopic (exact) mass is 242 g/mol. The number of aromatic nitrogens is 2. The van der Waals surface area contributed by atoms with Gasteiger partial charge in [-0.25, -0.2) is 0 Å². The van der Waals surface area contributed by atoms with Crippen LogP contribution in [0, 0.1) is 0 Å². The smallest absolute Gasteiger partial charge is 0.104 e. The van der Waals surface area contributed by atoms with Crippen LogP contribution in [0.4, 0.5) is 0 Å². The van der Waals surface area contributed by atoms with E-state index in [9.17, 15) is 0 Å². The summed E-state index contributed by atoms with van der Waals surface area (Å²) in [7, 11) is 0. The van der Waals surface area contributed by atoms with Crippen molar-refractivity contribution in [3.05, 3.63) is 16.9 Å². The third-order valence-electron chi connectivity index (χ3n) is 2.79. The van der Waals surface area contributed by atoms with Crippen LogP contribution in [0.5, 0.6) is 0 Å². The van der Waals surface area contributed by atoms with Gasteiger partial charge in [-0.05, 0) is 34.8 Å². The summed E-state index contributed by atoms with van der Waals surface area (Å²) in [5.74, 6) is 0. The van der Waals surface area contributed by atoms with E-state index in [-0.39, 0.29) is 0 Å². The second-order valence-electron chi connectivity index (χ2n) is 3.74. The van der Waals surface area contributed by atoms with Crippen molar-refractivity contribution in [3.8, 4) is 0 Å². The van der Waals surface area contributed by atoms with Gasteiger partial charge in [0.05, 0.1) is 12.2 Å². The average molecular weight is 243 g/mol. The molecular weight excluding hydrogens is 228 g/mol. The van der Waals surface area contributed by atoms with Crippen LogP contribution >= 0.6 is 15.9 Å². The largest absolute Gasteiger partial charge is 0.255 e. The molecule has 0 amide bonds. The Kier molecular flexibility index (Phi) is 3.04. The standard InChI is InChI=1S/C10H15BrN2/c11-10-7-8-12-13(10)9-5-3-1-2-4-6-9/h7-9H,1-6H2. The zero-order valence-corrected chi connectivity index (χ0v) is 9.33. The van der Waals surface area contributed by atoms with Gasteiger partial charge in [-0.2, -0.15) is 5.10 Å². The second kappa shape index (κ2) is 4.27. The van der Waals surface area contributed by atoms with E-state index in [4.69, 9.17) is 0 Å². The Bertz CT molecular complexity index is 262. The molecule has 0 unspecified atom stereocenters. The molecule has 2 rings (SSSR count). The van der Waals surface area contributed by atoms with Crippen LogP contribution in [0.15, 0.2) is 16.9 Å². The maximum atomic E-state index is 4.35. The van der Waals surface area contributed by atoms with Gasteiger partial charge in [0.15, 0.2) is 0 Å². The van der Waals surface area contributed by atoms with Crippen molar-refractivity contribution in [2.24, 2.45) is 0 Å². The molecule has 0 radical (unpaired) electrons. The minimum atomic E-state index is 0.631. The molecule has 1 heterocycles. The van der Waals surface area contributed by atoms with Crippen molar-refractivity contribution >= 4 is 15.9 Å². The molecule has 1 saturated carbocycles. The topological polar surface area (TPSA) is 17.8 Å².